The van der Waals surface area contributed by atoms with Gasteiger partial charge in [-0.05, 0) is 30.5 Å². The van der Waals surface area contributed by atoms with Gasteiger partial charge in [0.2, 0.25) is 0 Å². The zero-order valence-corrected chi connectivity index (χ0v) is 12.8. The van der Waals surface area contributed by atoms with Crippen molar-refractivity contribution in [2.45, 2.75) is 13.0 Å². The lowest BCUT2D eigenvalue weighted by Gasteiger charge is -2.11. The van der Waals surface area contributed by atoms with Crippen molar-refractivity contribution in [3.05, 3.63) is 34.4 Å². The Morgan fingerprint density at radius 2 is 2.25 bits per heavy atom. The van der Waals surface area contributed by atoms with Crippen molar-refractivity contribution in [2.24, 2.45) is 5.92 Å². The molecule has 0 spiro atoms. The van der Waals surface area contributed by atoms with Crippen LogP contribution in [-0.2, 0) is 11.3 Å². The Labute approximate surface area is 128 Å². The lowest BCUT2D eigenvalue weighted by Crippen LogP contribution is -2.26. The van der Waals surface area contributed by atoms with Crippen LogP contribution in [0, 0.1) is 5.92 Å². The van der Waals surface area contributed by atoms with E-state index in [1.807, 2.05) is 12.1 Å². The molecule has 1 aromatic heterocycles. The summed E-state index contributed by atoms with van der Waals surface area (Å²) < 4.78 is 7.56. The highest BCUT2D eigenvalue weighted by Gasteiger charge is 2.14. The number of ether oxygens (including phenoxy) is 1. The van der Waals surface area contributed by atoms with Crippen LogP contribution >= 0.6 is 23.2 Å². The lowest BCUT2D eigenvalue weighted by atomic mass is 10.1. The average molecular weight is 313 g/mol. The Morgan fingerprint density at radius 3 is 3.05 bits per heavy atom. The minimum absolute atomic E-state index is 0.667. The van der Waals surface area contributed by atoms with E-state index in [9.17, 15) is 0 Å². The monoisotopic (exact) mass is 312 g/mol. The molecule has 0 aliphatic carbocycles. The summed E-state index contributed by atoms with van der Waals surface area (Å²) in [6.07, 6.45) is 3.23. The predicted octanol–water partition coefficient (Wildman–Crippen LogP) is 3.57. The standard InChI is InChI=1S/C15H18Cl2N2O/c16-12-7-14(17)13-1-4-19(15(13)8-12)5-3-18-9-11-2-6-20-10-11/h1,4,7-8,11,18H,2-3,5-6,9-10H2. The number of rotatable bonds is 5. The minimum atomic E-state index is 0.667. The molecule has 2 heterocycles. The van der Waals surface area contributed by atoms with Crippen molar-refractivity contribution < 1.29 is 4.74 Å². The highest BCUT2D eigenvalue weighted by molar-refractivity contribution is 6.38. The SMILES string of the molecule is Clc1cc(Cl)c2ccn(CCNCC3CCOC3)c2c1. The molecule has 0 saturated carbocycles. The van der Waals surface area contributed by atoms with Crippen LogP contribution < -0.4 is 5.32 Å². The Balaban J connectivity index is 1.60. The molecule has 0 amide bonds. The Morgan fingerprint density at radius 1 is 1.35 bits per heavy atom. The third-order valence-electron chi connectivity index (χ3n) is 3.79. The second kappa shape index (κ2) is 6.35. The van der Waals surface area contributed by atoms with Crippen LogP contribution in [-0.4, -0.2) is 30.9 Å². The van der Waals surface area contributed by atoms with Crippen molar-refractivity contribution in [1.82, 2.24) is 9.88 Å². The number of aromatic nitrogens is 1. The number of benzene rings is 1. The maximum Gasteiger partial charge on any atom is 0.0514 e. The van der Waals surface area contributed by atoms with E-state index in [0.29, 0.717) is 16.0 Å². The second-order valence-corrected chi connectivity index (χ2v) is 6.11. The molecule has 0 radical (unpaired) electrons. The molecule has 1 unspecified atom stereocenters. The van der Waals surface area contributed by atoms with Gasteiger partial charge in [0, 0.05) is 42.8 Å². The normalized spacial score (nSPS) is 19.0. The maximum absolute atomic E-state index is 6.20. The molecule has 20 heavy (non-hydrogen) atoms. The zero-order valence-electron chi connectivity index (χ0n) is 11.2. The third kappa shape index (κ3) is 3.12. The molecular formula is C15H18Cl2N2O. The van der Waals surface area contributed by atoms with Gasteiger partial charge in [0.15, 0.2) is 0 Å². The largest absolute Gasteiger partial charge is 0.381 e. The van der Waals surface area contributed by atoms with Gasteiger partial charge in [-0.25, -0.2) is 0 Å². The lowest BCUT2D eigenvalue weighted by molar-refractivity contribution is 0.185. The van der Waals surface area contributed by atoms with Gasteiger partial charge < -0.3 is 14.6 Å². The van der Waals surface area contributed by atoms with Gasteiger partial charge >= 0.3 is 0 Å². The zero-order chi connectivity index (χ0) is 13.9. The van der Waals surface area contributed by atoms with E-state index in [1.165, 1.54) is 6.42 Å². The van der Waals surface area contributed by atoms with Crippen molar-refractivity contribution >= 4 is 34.1 Å². The first-order chi connectivity index (χ1) is 9.74. The molecule has 3 nitrogen and oxygen atoms in total. The molecule has 0 bridgehead atoms. The highest BCUT2D eigenvalue weighted by Crippen LogP contribution is 2.28. The number of halogens is 2. The molecule has 5 heteroatoms. The molecule has 1 fully saturated rings. The first-order valence-corrected chi connectivity index (χ1v) is 7.72. The third-order valence-corrected chi connectivity index (χ3v) is 4.32. The van der Waals surface area contributed by atoms with E-state index in [0.717, 1.165) is 43.8 Å². The van der Waals surface area contributed by atoms with E-state index >= 15 is 0 Å². The van der Waals surface area contributed by atoms with Crippen LogP contribution in [0.4, 0.5) is 0 Å². The molecule has 1 N–H and O–H groups in total. The van der Waals surface area contributed by atoms with E-state index in [4.69, 9.17) is 27.9 Å². The summed E-state index contributed by atoms with van der Waals surface area (Å²) in [5.41, 5.74) is 1.09. The van der Waals surface area contributed by atoms with Gasteiger partial charge in [-0.3, -0.25) is 0 Å². The van der Waals surface area contributed by atoms with E-state index < -0.39 is 0 Å². The molecule has 1 atom stereocenters. The number of hydrogen-bond acceptors (Lipinski definition) is 2. The van der Waals surface area contributed by atoms with Crippen LogP contribution in [0.3, 0.4) is 0 Å². The summed E-state index contributed by atoms with van der Waals surface area (Å²) in [6, 6.07) is 5.79. The molecule has 2 aromatic rings. The fourth-order valence-electron chi connectivity index (χ4n) is 2.66. The van der Waals surface area contributed by atoms with Crippen LogP contribution in [0.1, 0.15) is 6.42 Å². The Bertz CT molecular complexity index is 591. The van der Waals surface area contributed by atoms with Crippen molar-refractivity contribution in [3.63, 3.8) is 0 Å². The number of nitrogens with one attached hydrogen (secondary N) is 1. The summed E-state index contributed by atoms with van der Waals surface area (Å²) in [6.45, 7) is 4.68. The molecule has 1 aliphatic rings. The average Bonchev–Trinajstić information content (AvgIpc) is 3.04. The van der Waals surface area contributed by atoms with Crippen LogP contribution in [0.5, 0.6) is 0 Å². The fourth-order valence-corrected chi connectivity index (χ4v) is 3.21. The summed E-state index contributed by atoms with van der Waals surface area (Å²) in [5.74, 6) is 0.667. The molecule has 108 valence electrons. The number of fused-ring (bicyclic) bond motifs is 1. The molecular weight excluding hydrogens is 295 g/mol. The van der Waals surface area contributed by atoms with Gasteiger partial charge in [-0.15, -0.1) is 0 Å². The second-order valence-electron chi connectivity index (χ2n) is 5.26. The first-order valence-electron chi connectivity index (χ1n) is 6.96. The van der Waals surface area contributed by atoms with Crippen molar-refractivity contribution in [2.75, 3.05) is 26.3 Å². The first kappa shape index (κ1) is 14.2. The van der Waals surface area contributed by atoms with Crippen molar-refractivity contribution in [3.8, 4) is 0 Å². The van der Waals surface area contributed by atoms with E-state index in [1.54, 1.807) is 6.07 Å². The van der Waals surface area contributed by atoms with Crippen LogP contribution in [0.15, 0.2) is 24.4 Å². The predicted molar refractivity (Wildman–Crippen MR) is 83.8 cm³/mol. The Kier molecular flexibility index (Phi) is 4.51. The molecule has 1 saturated heterocycles. The molecule has 3 rings (SSSR count). The summed E-state index contributed by atoms with van der Waals surface area (Å²) in [7, 11) is 0. The fraction of sp³-hybridized carbons (Fsp3) is 0.467. The maximum atomic E-state index is 6.20. The van der Waals surface area contributed by atoms with Gasteiger partial charge in [0.25, 0.3) is 0 Å². The minimum Gasteiger partial charge on any atom is -0.381 e. The quantitative estimate of drug-likeness (QED) is 0.854. The highest BCUT2D eigenvalue weighted by atomic mass is 35.5. The van der Waals surface area contributed by atoms with Crippen molar-refractivity contribution in [1.29, 1.82) is 0 Å². The summed E-state index contributed by atoms with van der Waals surface area (Å²) >= 11 is 12.3. The van der Waals surface area contributed by atoms with Gasteiger partial charge in [0.05, 0.1) is 17.1 Å². The number of hydrogen-bond donors (Lipinski definition) is 1. The van der Waals surface area contributed by atoms with Gasteiger partial charge in [0.1, 0.15) is 0 Å². The number of nitrogens with zero attached hydrogens (tertiary/aromatic N) is 1. The summed E-state index contributed by atoms with van der Waals surface area (Å²) in [5, 5.41) is 5.94. The van der Waals surface area contributed by atoms with E-state index in [2.05, 4.69) is 16.1 Å². The summed E-state index contributed by atoms with van der Waals surface area (Å²) in [4.78, 5) is 0. The van der Waals surface area contributed by atoms with Gasteiger partial charge in [-0.1, -0.05) is 23.2 Å². The smallest absolute Gasteiger partial charge is 0.0514 e. The van der Waals surface area contributed by atoms with Gasteiger partial charge in [-0.2, -0.15) is 0 Å². The molecule has 1 aromatic carbocycles. The van der Waals surface area contributed by atoms with Crippen LogP contribution in [0.2, 0.25) is 10.0 Å². The molecule has 1 aliphatic heterocycles. The topological polar surface area (TPSA) is 26.2 Å². The van der Waals surface area contributed by atoms with Crippen LogP contribution in [0.25, 0.3) is 10.9 Å². The Hall–Kier alpha value is -0.740. The van der Waals surface area contributed by atoms with E-state index in [-0.39, 0.29) is 0 Å².